The van der Waals surface area contributed by atoms with Crippen LogP contribution in [-0.4, -0.2) is 25.0 Å². The minimum absolute atomic E-state index is 0.0771. The monoisotopic (exact) mass is 496 g/mol. The first kappa shape index (κ1) is 20.7. The average Bonchev–Trinajstić information content (AvgIpc) is 3.31. The van der Waals surface area contributed by atoms with Gasteiger partial charge in [0.25, 0.3) is 5.91 Å². The number of anilines is 2. The third-order valence-corrected chi connectivity index (χ3v) is 6.22. The summed E-state index contributed by atoms with van der Waals surface area (Å²) in [4.78, 5) is 33.8. The van der Waals surface area contributed by atoms with Crippen molar-refractivity contribution >= 4 is 39.1 Å². The molecule has 0 N–H and O–H groups in total. The van der Waals surface area contributed by atoms with E-state index in [1.807, 2.05) is 42.5 Å². The van der Waals surface area contributed by atoms with Crippen molar-refractivity contribution in [1.29, 1.82) is 0 Å². The second kappa shape index (κ2) is 8.03. The Morgan fingerprint density at radius 2 is 1.69 bits per heavy atom. The summed E-state index contributed by atoms with van der Waals surface area (Å²) < 4.78 is 20.8. The van der Waals surface area contributed by atoms with Crippen molar-refractivity contribution in [2.45, 2.75) is 12.1 Å². The van der Waals surface area contributed by atoms with Crippen LogP contribution in [0.2, 0.25) is 0 Å². The second-order valence-corrected chi connectivity index (χ2v) is 8.42. The van der Waals surface area contributed by atoms with Crippen LogP contribution in [0.4, 0.5) is 15.8 Å². The van der Waals surface area contributed by atoms with Crippen molar-refractivity contribution < 1.29 is 23.6 Å². The Hall–Kier alpha value is -3.23. The summed E-state index contributed by atoms with van der Waals surface area (Å²) in [6.45, 7) is 0. The molecule has 0 unspecified atom stereocenters. The number of fused-ring (bicyclic) bond motifs is 1. The lowest BCUT2D eigenvalue weighted by Gasteiger charge is -2.29. The van der Waals surface area contributed by atoms with Gasteiger partial charge in [-0.25, -0.2) is 14.4 Å². The first-order valence-electron chi connectivity index (χ1n) is 9.98. The number of methoxy groups -OCH3 is 1. The third kappa shape index (κ3) is 3.18. The van der Waals surface area contributed by atoms with Gasteiger partial charge >= 0.3 is 0 Å². The zero-order valence-corrected chi connectivity index (χ0v) is 18.5. The first-order chi connectivity index (χ1) is 15.5. The first-order valence-corrected chi connectivity index (χ1v) is 10.8. The molecule has 2 heterocycles. The number of rotatable bonds is 4. The molecule has 0 bridgehead atoms. The normalized spacial score (nSPS) is 22.4. The van der Waals surface area contributed by atoms with Crippen molar-refractivity contribution in [1.82, 2.24) is 0 Å². The number of imide groups is 1. The molecule has 0 spiro atoms. The standard InChI is InChI=1S/C24H18BrFN2O4/c1-31-19-12-11-14(25)13-16(19)21-20-22(32-28(21)15-7-3-2-4-8-15)24(30)27(23(20)29)18-10-6-5-9-17(18)26/h2-13,20-22H,1H3/t20-,21-,22-/m1/s1. The topological polar surface area (TPSA) is 59.1 Å². The number of amides is 2. The van der Waals surface area contributed by atoms with Crippen molar-refractivity contribution in [3.63, 3.8) is 0 Å². The van der Waals surface area contributed by atoms with E-state index in [0.717, 1.165) is 9.37 Å². The highest BCUT2D eigenvalue weighted by Crippen LogP contribution is 2.50. The SMILES string of the molecule is COc1ccc(Br)cc1[C@@H]1[C@H]2C(=O)N(c3ccccc3F)C(=O)[C@@H]2ON1c1ccccc1. The Bertz CT molecular complexity index is 1210. The fraction of sp³-hybridized carbons (Fsp3) is 0.167. The molecule has 0 aromatic heterocycles. The van der Waals surface area contributed by atoms with E-state index in [1.165, 1.54) is 18.2 Å². The average molecular weight is 497 g/mol. The molecule has 162 valence electrons. The van der Waals surface area contributed by atoms with E-state index in [9.17, 15) is 14.0 Å². The van der Waals surface area contributed by atoms with Gasteiger partial charge in [-0.1, -0.05) is 46.3 Å². The van der Waals surface area contributed by atoms with E-state index in [-0.39, 0.29) is 5.69 Å². The minimum atomic E-state index is -1.09. The van der Waals surface area contributed by atoms with Gasteiger partial charge in [0, 0.05) is 10.0 Å². The molecular formula is C24H18BrFN2O4. The molecule has 0 aliphatic carbocycles. The zero-order valence-electron chi connectivity index (χ0n) is 16.9. The Labute approximate surface area is 192 Å². The summed E-state index contributed by atoms with van der Waals surface area (Å²) in [6, 6.07) is 19.7. The summed E-state index contributed by atoms with van der Waals surface area (Å²) in [7, 11) is 1.54. The van der Waals surface area contributed by atoms with E-state index >= 15 is 0 Å². The molecule has 32 heavy (non-hydrogen) atoms. The van der Waals surface area contributed by atoms with Crippen LogP contribution in [0.25, 0.3) is 0 Å². The summed E-state index contributed by atoms with van der Waals surface area (Å²) in [5.74, 6) is -2.10. The fourth-order valence-electron chi connectivity index (χ4n) is 4.34. The van der Waals surface area contributed by atoms with Crippen molar-refractivity contribution in [3.8, 4) is 5.75 Å². The maximum atomic E-state index is 14.5. The molecule has 2 amide bonds. The van der Waals surface area contributed by atoms with Crippen LogP contribution in [0, 0.1) is 11.7 Å². The molecule has 3 aromatic carbocycles. The number of halogens is 2. The van der Waals surface area contributed by atoms with Gasteiger partial charge in [-0.2, -0.15) is 0 Å². The molecule has 8 heteroatoms. The number of hydrogen-bond acceptors (Lipinski definition) is 5. The van der Waals surface area contributed by atoms with E-state index < -0.39 is 35.7 Å². The van der Waals surface area contributed by atoms with Crippen molar-refractivity contribution in [3.05, 3.63) is 88.6 Å². The molecule has 2 saturated heterocycles. The van der Waals surface area contributed by atoms with E-state index in [4.69, 9.17) is 9.57 Å². The van der Waals surface area contributed by atoms with E-state index in [1.54, 1.807) is 24.3 Å². The molecule has 3 atom stereocenters. The Kier molecular flexibility index (Phi) is 5.19. The minimum Gasteiger partial charge on any atom is -0.496 e. The predicted octanol–water partition coefficient (Wildman–Crippen LogP) is 4.65. The van der Waals surface area contributed by atoms with Crippen LogP contribution < -0.4 is 14.7 Å². The van der Waals surface area contributed by atoms with Crippen LogP contribution in [0.3, 0.4) is 0 Å². The van der Waals surface area contributed by atoms with Crippen LogP contribution in [0.1, 0.15) is 11.6 Å². The smallest absolute Gasteiger partial charge is 0.266 e. The predicted molar refractivity (Wildman–Crippen MR) is 120 cm³/mol. The van der Waals surface area contributed by atoms with Gasteiger partial charge < -0.3 is 4.74 Å². The highest BCUT2D eigenvalue weighted by atomic mass is 79.9. The molecule has 0 saturated carbocycles. The van der Waals surface area contributed by atoms with Gasteiger partial charge in [0.1, 0.15) is 17.5 Å². The molecular weight excluding hydrogens is 479 g/mol. The number of carbonyl (C=O) groups excluding carboxylic acids is 2. The number of ether oxygens (including phenoxy) is 1. The van der Waals surface area contributed by atoms with E-state index in [0.29, 0.717) is 17.0 Å². The molecule has 2 aliphatic heterocycles. The molecule has 2 fully saturated rings. The fourth-order valence-corrected chi connectivity index (χ4v) is 4.71. The number of hydrogen-bond donors (Lipinski definition) is 0. The Morgan fingerprint density at radius 3 is 2.41 bits per heavy atom. The highest BCUT2D eigenvalue weighted by molar-refractivity contribution is 9.10. The van der Waals surface area contributed by atoms with Crippen LogP contribution in [-0.2, 0) is 14.4 Å². The summed E-state index contributed by atoms with van der Waals surface area (Å²) in [5.41, 5.74) is 1.29. The lowest BCUT2D eigenvalue weighted by molar-refractivity contribution is -0.126. The molecule has 0 radical (unpaired) electrons. The zero-order chi connectivity index (χ0) is 22.4. The third-order valence-electron chi connectivity index (χ3n) is 5.73. The molecule has 3 aromatic rings. The van der Waals surface area contributed by atoms with E-state index in [2.05, 4.69) is 15.9 Å². The van der Waals surface area contributed by atoms with Crippen molar-refractivity contribution in [2.24, 2.45) is 5.92 Å². The summed E-state index contributed by atoms with van der Waals surface area (Å²) >= 11 is 3.48. The largest absolute Gasteiger partial charge is 0.496 e. The Morgan fingerprint density at radius 1 is 0.969 bits per heavy atom. The number of nitrogens with zero attached hydrogens (tertiary/aromatic N) is 2. The number of carbonyl (C=O) groups is 2. The molecule has 5 rings (SSSR count). The second-order valence-electron chi connectivity index (χ2n) is 7.51. The van der Waals surface area contributed by atoms with Gasteiger partial charge in [-0.15, -0.1) is 0 Å². The van der Waals surface area contributed by atoms with Gasteiger partial charge in [-0.05, 0) is 42.5 Å². The molecule has 2 aliphatic rings. The van der Waals surface area contributed by atoms with Gasteiger partial charge in [-0.3, -0.25) is 14.4 Å². The van der Waals surface area contributed by atoms with Crippen LogP contribution in [0.5, 0.6) is 5.75 Å². The van der Waals surface area contributed by atoms with Gasteiger partial charge in [0.05, 0.1) is 24.5 Å². The lowest BCUT2D eigenvalue weighted by Crippen LogP contribution is -2.38. The van der Waals surface area contributed by atoms with Crippen LogP contribution >= 0.6 is 15.9 Å². The maximum Gasteiger partial charge on any atom is 0.266 e. The summed E-state index contributed by atoms with van der Waals surface area (Å²) in [5, 5.41) is 1.58. The lowest BCUT2D eigenvalue weighted by atomic mass is 9.90. The maximum absolute atomic E-state index is 14.5. The summed E-state index contributed by atoms with van der Waals surface area (Å²) in [6.07, 6.45) is -1.09. The highest BCUT2D eigenvalue weighted by Gasteiger charge is 2.61. The number of benzene rings is 3. The van der Waals surface area contributed by atoms with Crippen molar-refractivity contribution in [2.75, 3.05) is 17.1 Å². The number of hydroxylamine groups is 1. The van der Waals surface area contributed by atoms with Gasteiger partial charge in [0.2, 0.25) is 5.91 Å². The number of para-hydroxylation sites is 2. The molecule has 6 nitrogen and oxygen atoms in total. The quantitative estimate of drug-likeness (QED) is 0.492. The Balaban J connectivity index is 1.65. The van der Waals surface area contributed by atoms with Gasteiger partial charge in [0.15, 0.2) is 6.10 Å². The van der Waals surface area contributed by atoms with Crippen LogP contribution in [0.15, 0.2) is 77.3 Å².